The van der Waals surface area contributed by atoms with Crippen LogP contribution in [0.25, 0.3) is 0 Å². The average molecular weight is 290 g/mol. The molecule has 0 spiro atoms. The average Bonchev–Trinajstić information content (AvgIpc) is 2.50. The van der Waals surface area contributed by atoms with Crippen molar-refractivity contribution in [2.75, 3.05) is 20.6 Å². The van der Waals surface area contributed by atoms with Gasteiger partial charge in [-0.2, -0.15) is 0 Å². The van der Waals surface area contributed by atoms with Crippen LogP contribution in [-0.2, 0) is 6.42 Å². The van der Waals surface area contributed by atoms with Gasteiger partial charge in [-0.1, -0.05) is 57.9 Å². The van der Waals surface area contributed by atoms with Gasteiger partial charge in [0.15, 0.2) is 0 Å². The second kappa shape index (κ2) is 9.22. The molecule has 2 nitrogen and oxygen atoms in total. The summed E-state index contributed by atoms with van der Waals surface area (Å²) in [5, 5.41) is 3.73. The number of hydrogen-bond acceptors (Lipinski definition) is 2. The molecule has 21 heavy (non-hydrogen) atoms. The van der Waals surface area contributed by atoms with Gasteiger partial charge >= 0.3 is 0 Å². The Labute approximate surface area is 131 Å². The number of likely N-dealkylation sites (N-methyl/N-ethyl adjacent to an activating group) is 1. The van der Waals surface area contributed by atoms with Crippen LogP contribution in [0.1, 0.15) is 57.7 Å². The quantitative estimate of drug-likeness (QED) is 0.731. The smallest absolute Gasteiger partial charge is 0.0292 e. The fourth-order valence-corrected chi connectivity index (χ4v) is 3.06. The summed E-state index contributed by atoms with van der Waals surface area (Å²) in [5.74, 6) is 0.766. The predicted molar refractivity (Wildman–Crippen MR) is 93.8 cm³/mol. The van der Waals surface area contributed by atoms with Gasteiger partial charge in [0.05, 0.1) is 0 Å². The van der Waals surface area contributed by atoms with Gasteiger partial charge in [-0.15, -0.1) is 0 Å². The molecule has 0 radical (unpaired) electrons. The molecule has 0 aromatic heterocycles. The first kappa shape index (κ1) is 18.2. The monoisotopic (exact) mass is 290 g/mol. The highest BCUT2D eigenvalue weighted by Gasteiger charge is 2.21. The van der Waals surface area contributed by atoms with Crippen LogP contribution >= 0.6 is 0 Å². The summed E-state index contributed by atoms with van der Waals surface area (Å²) in [6, 6.07) is 10.0. The zero-order valence-corrected chi connectivity index (χ0v) is 14.8. The minimum Gasteiger partial charge on any atom is -0.309 e. The summed E-state index contributed by atoms with van der Waals surface area (Å²) >= 11 is 0. The molecule has 120 valence electrons. The van der Waals surface area contributed by atoms with Crippen LogP contribution in [0.4, 0.5) is 0 Å². The number of nitrogens with zero attached hydrogens (tertiary/aromatic N) is 1. The molecule has 0 heterocycles. The lowest BCUT2D eigenvalue weighted by Crippen LogP contribution is -2.43. The van der Waals surface area contributed by atoms with Crippen molar-refractivity contribution < 1.29 is 0 Å². The van der Waals surface area contributed by atoms with Crippen LogP contribution in [0.3, 0.4) is 0 Å². The molecular weight excluding hydrogens is 256 g/mol. The largest absolute Gasteiger partial charge is 0.309 e. The van der Waals surface area contributed by atoms with Crippen LogP contribution in [0.15, 0.2) is 24.3 Å². The van der Waals surface area contributed by atoms with E-state index in [1.54, 1.807) is 0 Å². The Bertz CT molecular complexity index is 379. The topological polar surface area (TPSA) is 15.3 Å². The normalized spacial score (nSPS) is 14.7. The molecule has 0 amide bonds. The van der Waals surface area contributed by atoms with E-state index in [9.17, 15) is 0 Å². The molecule has 0 saturated heterocycles. The maximum atomic E-state index is 3.73. The Balaban J connectivity index is 2.61. The van der Waals surface area contributed by atoms with Gasteiger partial charge in [-0.25, -0.2) is 0 Å². The Morgan fingerprint density at radius 3 is 2.00 bits per heavy atom. The maximum absolute atomic E-state index is 3.73. The Morgan fingerprint density at radius 2 is 1.57 bits per heavy atom. The van der Waals surface area contributed by atoms with E-state index < -0.39 is 0 Å². The minimum atomic E-state index is 0.410. The van der Waals surface area contributed by atoms with Crippen molar-refractivity contribution in [1.82, 2.24) is 10.2 Å². The maximum Gasteiger partial charge on any atom is 0.0292 e. The zero-order chi connectivity index (χ0) is 15.8. The van der Waals surface area contributed by atoms with Gasteiger partial charge < -0.3 is 10.2 Å². The van der Waals surface area contributed by atoms with E-state index in [0.717, 1.165) is 18.9 Å². The standard InChI is InChI=1S/C19H34N2/c1-7-16-10-12-18(13-11-16)15(4)20-14-19(21(5)6)17(8-2)9-3/h10-13,15,17,19-20H,7-9,14H2,1-6H3. The van der Waals surface area contributed by atoms with Crippen molar-refractivity contribution in [3.8, 4) is 0 Å². The Kier molecular flexibility index (Phi) is 7.98. The van der Waals surface area contributed by atoms with Crippen LogP contribution in [-0.4, -0.2) is 31.6 Å². The SMILES string of the molecule is CCc1ccc(C(C)NCC(C(CC)CC)N(C)C)cc1. The molecule has 1 aromatic carbocycles. The van der Waals surface area contributed by atoms with E-state index in [4.69, 9.17) is 0 Å². The molecule has 2 unspecified atom stereocenters. The van der Waals surface area contributed by atoms with E-state index in [2.05, 4.69) is 76.3 Å². The van der Waals surface area contributed by atoms with Gasteiger partial charge in [0.2, 0.25) is 0 Å². The summed E-state index contributed by atoms with van der Waals surface area (Å²) in [6.45, 7) is 10.1. The van der Waals surface area contributed by atoms with Gasteiger partial charge in [0.25, 0.3) is 0 Å². The summed E-state index contributed by atoms with van der Waals surface area (Å²) in [4.78, 5) is 2.37. The Morgan fingerprint density at radius 1 is 1.00 bits per heavy atom. The van der Waals surface area contributed by atoms with Gasteiger partial charge in [0, 0.05) is 18.6 Å². The van der Waals surface area contributed by atoms with Crippen molar-refractivity contribution in [3.63, 3.8) is 0 Å². The van der Waals surface area contributed by atoms with Crippen molar-refractivity contribution in [1.29, 1.82) is 0 Å². The predicted octanol–water partition coefficient (Wildman–Crippen LogP) is 4.27. The van der Waals surface area contributed by atoms with Gasteiger partial charge in [0.1, 0.15) is 0 Å². The van der Waals surface area contributed by atoms with E-state index >= 15 is 0 Å². The molecular formula is C19H34N2. The highest BCUT2D eigenvalue weighted by molar-refractivity contribution is 5.24. The molecule has 0 fully saturated rings. The number of aryl methyl sites for hydroxylation is 1. The fourth-order valence-electron chi connectivity index (χ4n) is 3.06. The van der Waals surface area contributed by atoms with Crippen molar-refractivity contribution in [2.24, 2.45) is 5.92 Å². The third-order valence-electron chi connectivity index (χ3n) is 4.78. The van der Waals surface area contributed by atoms with Crippen molar-refractivity contribution in [2.45, 2.75) is 59.0 Å². The number of benzene rings is 1. The molecule has 1 aromatic rings. The Hall–Kier alpha value is -0.860. The third kappa shape index (κ3) is 5.44. The molecule has 1 rings (SSSR count). The van der Waals surface area contributed by atoms with E-state index in [1.165, 1.54) is 24.0 Å². The first-order valence-electron chi connectivity index (χ1n) is 8.52. The summed E-state index contributed by atoms with van der Waals surface area (Å²) < 4.78 is 0. The van der Waals surface area contributed by atoms with Crippen LogP contribution in [0, 0.1) is 5.92 Å². The number of hydrogen-bond donors (Lipinski definition) is 1. The molecule has 0 saturated carbocycles. The van der Waals surface area contributed by atoms with E-state index in [-0.39, 0.29) is 0 Å². The lowest BCUT2D eigenvalue weighted by atomic mass is 9.93. The molecule has 1 N–H and O–H groups in total. The van der Waals surface area contributed by atoms with E-state index in [1.807, 2.05) is 0 Å². The first-order chi connectivity index (χ1) is 10.0. The highest BCUT2D eigenvalue weighted by Crippen LogP contribution is 2.18. The molecule has 0 bridgehead atoms. The fraction of sp³-hybridized carbons (Fsp3) is 0.684. The van der Waals surface area contributed by atoms with Gasteiger partial charge in [-0.3, -0.25) is 0 Å². The minimum absolute atomic E-state index is 0.410. The van der Waals surface area contributed by atoms with Crippen LogP contribution < -0.4 is 5.32 Å². The second-order valence-electron chi connectivity index (χ2n) is 6.33. The third-order valence-corrected chi connectivity index (χ3v) is 4.78. The van der Waals surface area contributed by atoms with Crippen LogP contribution in [0.5, 0.6) is 0 Å². The summed E-state index contributed by atoms with van der Waals surface area (Å²) in [7, 11) is 4.40. The lowest BCUT2D eigenvalue weighted by molar-refractivity contribution is 0.190. The molecule has 0 aliphatic rings. The van der Waals surface area contributed by atoms with E-state index in [0.29, 0.717) is 12.1 Å². The van der Waals surface area contributed by atoms with Crippen molar-refractivity contribution in [3.05, 3.63) is 35.4 Å². The molecule has 0 aliphatic carbocycles. The molecule has 0 aliphatic heterocycles. The molecule has 2 heteroatoms. The lowest BCUT2D eigenvalue weighted by Gasteiger charge is -2.32. The zero-order valence-electron chi connectivity index (χ0n) is 14.8. The molecule has 2 atom stereocenters. The number of rotatable bonds is 9. The van der Waals surface area contributed by atoms with Crippen molar-refractivity contribution >= 4 is 0 Å². The first-order valence-corrected chi connectivity index (χ1v) is 8.52. The number of nitrogens with one attached hydrogen (secondary N) is 1. The summed E-state index contributed by atoms with van der Waals surface area (Å²) in [6.07, 6.45) is 3.61. The summed E-state index contributed by atoms with van der Waals surface area (Å²) in [5.41, 5.74) is 2.79. The second-order valence-corrected chi connectivity index (χ2v) is 6.33. The van der Waals surface area contributed by atoms with Gasteiger partial charge in [-0.05, 0) is 44.5 Å². The highest BCUT2D eigenvalue weighted by atomic mass is 15.1. The van der Waals surface area contributed by atoms with Crippen LogP contribution in [0.2, 0.25) is 0 Å².